The number of terminal acetylenes is 1. The maximum absolute atomic E-state index is 12.2. The fraction of sp³-hybridized carbons (Fsp3) is 0.125. The van der Waals surface area contributed by atoms with Crippen LogP contribution in [0.5, 0.6) is 5.75 Å². The maximum atomic E-state index is 12.2. The van der Waals surface area contributed by atoms with Gasteiger partial charge >= 0.3 is 0 Å². The lowest BCUT2D eigenvalue weighted by Gasteiger charge is -2.09. The second-order valence-electron chi connectivity index (χ2n) is 4.26. The summed E-state index contributed by atoms with van der Waals surface area (Å²) in [5, 5.41) is -0.308. The number of halogens is 1. The molecule has 2 rings (SSSR count). The Kier molecular flexibility index (Phi) is 5.47. The van der Waals surface area contributed by atoms with Crippen LogP contribution in [0.3, 0.4) is 0 Å². The monoisotopic (exact) mass is 377 g/mol. The van der Waals surface area contributed by atoms with E-state index in [2.05, 4.69) is 28.4 Å². The molecule has 1 aliphatic heterocycles. The normalized spacial score (nSPS) is 16.0. The van der Waals surface area contributed by atoms with Crippen LogP contribution in [0.1, 0.15) is 5.56 Å². The Bertz CT molecular complexity index is 706. The number of ether oxygens (including phenoxy) is 1. The first kappa shape index (κ1) is 16.4. The van der Waals surface area contributed by atoms with E-state index in [1.165, 1.54) is 6.08 Å². The standard InChI is InChI=1S/C16H12BrNO3S/c1-3-7-18-15(19)14(22-16(18)20)10-11-9-12(17)5-6-13(11)21-8-4-2/h2-3,5-6,9-10H,1,7-8H2. The van der Waals surface area contributed by atoms with Crippen LogP contribution >= 0.6 is 27.7 Å². The van der Waals surface area contributed by atoms with E-state index in [0.717, 1.165) is 21.1 Å². The van der Waals surface area contributed by atoms with Crippen molar-refractivity contribution in [2.45, 2.75) is 0 Å². The lowest BCUT2D eigenvalue weighted by molar-refractivity contribution is -0.122. The van der Waals surface area contributed by atoms with Gasteiger partial charge in [-0.15, -0.1) is 13.0 Å². The molecular weight excluding hydrogens is 366 g/mol. The number of rotatable bonds is 5. The average Bonchev–Trinajstić information content (AvgIpc) is 2.74. The van der Waals surface area contributed by atoms with Crippen molar-refractivity contribution in [2.24, 2.45) is 0 Å². The van der Waals surface area contributed by atoms with Crippen LogP contribution in [0.4, 0.5) is 4.79 Å². The fourth-order valence-electron chi connectivity index (χ4n) is 1.81. The summed E-state index contributed by atoms with van der Waals surface area (Å²) in [6, 6.07) is 5.36. The number of carbonyl (C=O) groups is 2. The van der Waals surface area contributed by atoms with E-state index in [-0.39, 0.29) is 24.3 Å². The van der Waals surface area contributed by atoms with Crippen LogP contribution in [-0.2, 0) is 4.79 Å². The quantitative estimate of drug-likeness (QED) is 0.446. The highest BCUT2D eigenvalue weighted by Gasteiger charge is 2.34. The van der Waals surface area contributed by atoms with Gasteiger partial charge < -0.3 is 4.74 Å². The summed E-state index contributed by atoms with van der Waals surface area (Å²) in [4.78, 5) is 25.5. The highest BCUT2D eigenvalue weighted by Crippen LogP contribution is 2.34. The molecule has 6 heteroatoms. The van der Waals surface area contributed by atoms with Gasteiger partial charge in [-0.3, -0.25) is 14.5 Å². The van der Waals surface area contributed by atoms with Crippen molar-refractivity contribution in [1.29, 1.82) is 0 Å². The Morgan fingerprint density at radius 1 is 1.45 bits per heavy atom. The van der Waals surface area contributed by atoms with Crippen molar-refractivity contribution in [3.63, 3.8) is 0 Å². The first-order valence-corrected chi connectivity index (χ1v) is 7.90. The summed E-state index contributed by atoms with van der Waals surface area (Å²) in [5.41, 5.74) is 0.675. The zero-order chi connectivity index (χ0) is 16.1. The fourth-order valence-corrected chi connectivity index (χ4v) is 3.03. The summed E-state index contributed by atoms with van der Waals surface area (Å²) < 4.78 is 6.28. The number of benzene rings is 1. The molecule has 1 heterocycles. The Balaban J connectivity index is 2.35. The van der Waals surface area contributed by atoms with Gasteiger partial charge in [-0.05, 0) is 36.0 Å². The minimum Gasteiger partial charge on any atom is -0.480 e. The van der Waals surface area contributed by atoms with Crippen LogP contribution in [0.25, 0.3) is 6.08 Å². The van der Waals surface area contributed by atoms with Crippen LogP contribution in [-0.4, -0.2) is 29.2 Å². The molecule has 1 aliphatic rings. The third-order valence-corrected chi connectivity index (χ3v) is 4.16. The molecule has 1 aromatic carbocycles. The van der Waals surface area contributed by atoms with Gasteiger partial charge in [-0.2, -0.15) is 0 Å². The number of carbonyl (C=O) groups excluding carboxylic acids is 2. The molecule has 0 spiro atoms. The van der Waals surface area contributed by atoms with Crippen molar-refractivity contribution < 1.29 is 14.3 Å². The SMILES string of the molecule is C#CCOc1ccc(Br)cc1C=C1SC(=O)N(CC=C)C1=O. The van der Waals surface area contributed by atoms with Crippen molar-refractivity contribution >= 4 is 44.9 Å². The van der Waals surface area contributed by atoms with E-state index >= 15 is 0 Å². The summed E-state index contributed by atoms with van der Waals surface area (Å²) >= 11 is 4.26. The van der Waals surface area contributed by atoms with E-state index < -0.39 is 0 Å². The van der Waals surface area contributed by atoms with Crippen LogP contribution in [0, 0.1) is 12.3 Å². The van der Waals surface area contributed by atoms with Gasteiger partial charge in [-0.25, -0.2) is 0 Å². The Labute approximate surface area is 141 Å². The zero-order valence-electron chi connectivity index (χ0n) is 11.5. The van der Waals surface area contributed by atoms with E-state index in [0.29, 0.717) is 16.2 Å². The molecule has 0 saturated carbocycles. The summed E-state index contributed by atoms with van der Waals surface area (Å²) in [5.74, 6) is 2.61. The highest BCUT2D eigenvalue weighted by molar-refractivity contribution is 9.10. The molecule has 1 fully saturated rings. The molecule has 0 aromatic heterocycles. The highest BCUT2D eigenvalue weighted by atomic mass is 79.9. The van der Waals surface area contributed by atoms with Crippen LogP contribution < -0.4 is 4.74 Å². The molecule has 1 saturated heterocycles. The largest absolute Gasteiger partial charge is 0.480 e. The molecule has 0 unspecified atom stereocenters. The minimum atomic E-state index is -0.335. The number of thioether (sulfide) groups is 1. The molecular formula is C16H12BrNO3S. The van der Waals surface area contributed by atoms with Crippen molar-refractivity contribution in [3.8, 4) is 18.1 Å². The van der Waals surface area contributed by atoms with Gasteiger partial charge in [0.25, 0.3) is 11.1 Å². The second-order valence-corrected chi connectivity index (χ2v) is 6.16. The first-order valence-electron chi connectivity index (χ1n) is 6.29. The molecule has 0 N–H and O–H groups in total. The first-order chi connectivity index (χ1) is 10.6. The Morgan fingerprint density at radius 2 is 2.23 bits per heavy atom. The third kappa shape index (κ3) is 3.62. The lowest BCUT2D eigenvalue weighted by Crippen LogP contribution is -2.27. The molecule has 112 valence electrons. The summed E-state index contributed by atoms with van der Waals surface area (Å²) in [6.07, 6.45) is 8.34. The molecule has 1 aromatic rings. The molecule has 2 amide bonds. The van der Waals surface area contributed by atoms with Gasteiger partial charge in [0.15, 0.2) is 0 Å². The molecule has 22 heavy (non-hydrogen) atoms. The summed E-state index contributed by atoms with van der Waals surface area (Å²) in [7, 11) is 0. The number of nitrogens with zero attached hydrogens (tertiary/aromatic N) is 1. The Hall–Kier alpha value is -1.97. The molecule has 0 atom stereocenters. The topological polar surface area (TPSA) is 46.6 Å². The van der Waals surface area contributed by atoms with Gasteiger partial charge in [0.2, 0.25) is 0 Å². The number of hydrogen-bond acceptors (Lipinski definition) is 4. The van der Waals surface area contributed by atoms with E-state index in [9.17, 15) is 9.59 Å². The van der Waals surface area contributed by atoms with E-state index in [1.54, 1.807) is 18.2 Å². The zero-order valence-corrected chi connectivity index (χ0v) is 13.9. The lowest BCUT2D eigenvalue weighted by atomic mass is 10.2. The van der Waals surface area contributed by atoms with Gasteiger partial charge in [0, 0.05) is 16.6 Å². The number of imide groups is 1. The average molecular weight is 378 g/mol. The predicted octanol–water partition coefficient (Wildman–Crippen LogP) is 3.68. The molecule has 0 aliphatic carbocycles. The van der Waals surface area contributed by atoms with E-state index in [4.69, 9.17) is 11.2 Å². The predicted molar refractivity (Wildman–Crippen MR) is 91.3 cm³/mol. The van der Waals surface area contributed by atoms with Crippen LogP contribution in [0.15, 0.2) is 40.2 Å². The third-order valence-electron chi connectivity index (χ3n) is 2.75. The molecule has 0 bridgehead atoms. The molecule has 0 radical (unpaired) electrons. The summed E-state index contributed by atoms with van der Waals surface area (Å²) in [6.45, 7) is 3.86. The van der Waals surface area contributed by atoms with E-state index in [1.807, 2.05) is 6.07 Å². The van der Waals surface area contributed by atoms with Crippen LogP contribution in [0.2, 0.25) is 0 Å². The van der Waals surface area contributed by atoms with Crippen molar-refractivity contribution in [3.05, 3.63) is 45.8 Å². The van der Waals surface area contributed by atoms with Gasteiger partial charge in [0.05, 0.1) is 4.91 Å². The second kappa shape index (κ2) is 7.34. The maximum Gasteiger partial charge on any atom is 0.293 e. The number of amides is 2. The minimum absolute atomic E-state index is 0.125. The molecule has 4 nitrogen and oxygen atoms in total. The van der Waals surface area contributed by atoms with Crippen molar-refractivity contribution in [1.82, 2.24) is 4.90 Å². The number of hydrogen-bond donors (Lipinski definition) is 0. The Morgan fingerprint density at radius 3 is 2.91 bits per heavy atom. The smallest absolute Gasteiger partial charge is 0.293 e. The van der Waals surface area contributed by atoms with Gasteiger partial charge in [0.1, 0.15) is 12.4 Å². The van der Waals surface area contributed by atoms with Crippen molar-refractivity contribution in [2.75, 3.05) is 13.2 Å². The van der Waals surface area contributed by atoms with Gasteiger partial charge in [-0.1, -0.05) is 27.9 Å².